The molecule has 4 heteroatoms. The first kappa shape index (κ1) is 19.3. The molecule has 1 aromatic carbocycles. The highest BCUT2D eigenvalue weighted by Gasteiger charge is 2.27. The molecule has 2 unspecified atom stereocenters. The fourth-order valence-electron chi connectivity index (χ4n) is 3.14. The number of hydrogen-bond acceptors (Lipinski definition) is 3. The van der Waals surface area contributed by atoms with E-state index in [-0.39, 0.29) is 12.1 Å². The maximum absolute atomic E-state index is 12.3. The molecule has 0 spiro atoms. The fourth-order valence-corrected chi connectivity index (χ4v) is 3.14. The van der Waals surface area contributed by atoms with Gasteiger partial charge >= 0.3 is 6.09 Å². The molecule has 2 rings (SSSR count). The fraction of sp³-hybridized carbons (Fsp3) is 0.571. The van der Waals surface area contributed by atoms with Gasteiger partial charge in [0.2, 0.25) is 0 Å². The third-order valence-electron chi connectivity index (χ3n) is 4.35. The van der Waals surface area contributed by atoms with Crippen molar-refractivity contribution < 1.29 is 9.53 Å². The highest BCUT2D eigenvalue weighted by Crippen LogP contribution is 2.21. The average Bonchev–Trinajstić information content (AvgIpc) is 2.58. The van der Waals surface area contributed by atoms with Gasteiger partial charge in [-0.2, -0.15) is 0 Å². The second kappa shape index (κ2) is 8.92. The van der Waals surface area contributed by atoms with Crippen molar-refractivity contribution in [2.24, 2.45) is 5.92 Å². The van der Waals surface area contributed by atoms with Crippen LogP contribution in [0.3, 0.4) is 0 Å². The highest BCUT2D eigenvalue weighted by atomic mass is 16.6. The van der Waals surface area contributed by atoms with Gasteiger partial charge in [0.1, 0.15) is 5.60 Å². The molecule has 1 aliphatic heterocycles. The molecule has 1 aliphatic rings. The number of nitrogens with one attached hydrogen (secondary N) is 1. The lowest BCUT2D eigenvalue weighted by molar-refractivity contribution is 0.0165. The quantitative estimate of drug-likeness (QED) is 0.823. The minimum absolute atomic E-state index is 0.156. The van der Waals surface area contributed by atoms with Gasteiger partial charge in [-0.1, -0.05) is 30.3 Å². The van der Waals surface area contributed by atoms with Crippen molar-refractivity contribution in [2.75, 3.05) is 19.6 Å². The number of carbonyl (C=O) groups excluding carboxylic acids is 1. The number of rotatable bonds is 5. The van der Waals surface area contributed by atoms with E-state index in [0.29, 0.717) is 12.3 Å². The van der Waals surface area contributed by atoms with Crippen LogP contribution in [0.2, 0.25) is 0 Å². The molecule has 1 N–H and O–H groups in total. The molecule has 0 aromatic heterocycles. The molecule has 1 aromatic rings. The number of amides is 1. The summed E-state index contributed by atoms with van der Waals surface area (Å²) in [6, 6.07) is 10.4. The molecule has 0 bridgehead atoms. The van der Waals surface area contributed by atoms with Gasteiger partial charge in [-0.15, -0.1) is 12.3 Å². The zero-order valence-corrected chi connectivity index (χ0v) is 15.6. The largest absolute Gasteiger partial charge is 0.444 e. The molecule has 1 heterocycles. The van der Waals surface area contributed by atoms with E-state index < -0.39 is 5.60 Å². The number of hydrogen-bond donors (Lipinski definition) is 1. The lowest BCUT2D eigenvalue weighted by Gasteiger charge is -2.34. The molecule has 25 heavy (non-hydrogen) atoms. The van der Waals surface area contributed by atoms with Crippen LogP contribution in [0.1, 0.15) is 51.6 Å². The number of likely N-dealkylation sites (tertiary alicyclic amines) is 1. The van der Waals surface area contributed by atoms with Crippen LogP contribution in [-0.2, 0) is 4.74 Å². The van der Waals surface area contributed by atoms with Crippen molar-refractivity contribution in [2.45, 2.75) is 51.7 Å². The summed E-state index contributed by atoms with van der Waals surface area (Å²) in [7, 11) is 0. The van der Waals surface area contributed by atoms with E-state index in [0.717, 1.165) is 32.5 Å². The number of benzene rings is 1. The Kier molecular flexibility index (Phi) is 6.90. The van der Waals surface area contributed by atoms with Gasteiger partial charge in [-0.3, -0.25) is 0 Å². The normalized spacial score (nSPS) is 19.1. The lowest BCUT2D eigenvalue weighted by Crippen LogP contribution is -2.45. The van der Waals surface area contributed by atoms with Gasteiger partial charge in [0.25, 0.3) is 0 Å². The van der Waals surface area contributed by atoms with E-state index in [4.69, 9.17) is 11.2 Å². The third-order valence-corrected chi connectivity index (χ3v) is 4.35. The monoisotopic (exact) mass is 342 g/mol. The minimum Gasteiger partial charge on any atom is -0.444 e. The van der Waals surface area contributed by atoms with E-state index >= 15 is 0 Å². The van der Waals surface area contributed by atoms with Gasteiger partial charge in [-0.05, 0) is 45.1 Å². The van der Waals surface area contributed by atoms with Gasteiger partial charge in [0, 0.05) is 32.1 Å². The van der Waals surface area contributed by atoms with Crippen LogP contribution >= 0.6 is 0 Å². The van der Waals surface area contributed by atoms with Crippen molar-refractivity contribution in [3.63, 3.8) is 0 Å². The molecule has 1 fully saturated rings. The zero-order chi connectivity index (χ0) is 18.3. The van der Waals surface area contributed by atoms with Crippen molar-refractivity contribution in [3.8, 4) is 12.3 Å². The van der Waals surface area contributed by atoms with Crippen LogP contribution in [0.15, 0.2) is 30.3 Å². The summed E-state index contributed by atoms with van der Waals surface area (Å²) < 4.78 is 5.50. The smallest absolute Gasteiger partial charge is 0.410 e. The van der Waals surface area contributed by atoms with E-state index in [1.54, 1.807) is 0 Å². The first-order valence-electron chi connectivity index (χ1n) is 9.09. The Morgan fingerprint density at radius 3 is 2.76 bits per heavy atom. The zero-order valence-electron chi connectivity index (χ0n) is 15.6. The SMILES string of the molecule is C#CCC(NCC1CCCN(C(=O)OC(C)(C)C)C1)c1ccccc1. The first-order valence-corrected chi connectivity index (χ1v) is 9.09. The van der Waals surface area contributed by atoms with Gasteiger partial charge in [0.15, 0.2) is 0 Å². The summed E-state index contributed by atoms with van der Waals surface area (Å²) in [6.45, 7) is 8.06. The molecular formula is C21H30N2O2. The summed E-state index contributed by atoms with van der Waals surface area (Å²) in [4.78, 5) is 14.1. The molecule has 1 saturated heterocycles. The number of nitrogens with zero attached hydrogens (tertiary/aromatic N) is 1. The standard InChI is InChI=1S/C21H30N2O2/c1-5-10-19(18-12-7-6-8-13-18)22-15-17-11-9-14-23(16-17)20(24)25-21(2,3)4/h1,6-8,12-13,17,19,22H,9-11,14-16H2,2-4H3. The second-order valence-electron chi connectivity index (χ2n) is 7.71. The van der Waals surface area contributed by atoms with Crippen LogP contribution in [0, 0.1) is 18.3 Å². The minimum atomic E-state index is -0.451. The highest BCUT2D eigenvalue weighted by molar-refractivity contribution is 5.68. The Morgan fingerprint density at radius 1 is 1.40 bits per heavy atom. The Morgan fingerprint density at radius 2 is 2.12 bits per heavy atom. The number of piperidine rings is 1. The Bertz CT molecular complexity index is 586. The summed E-state index contributed by atoms with van der Waals surface area (Å²) >= 11 is 0. The molecule has 136 valence electrons. The molecular weight excluding hydrogens is 312 g/mol. The van der Waals surface area contributed by atoms with E-state index in [2.05, 4.69) is 23.4 Å². The number of carbonyl (C=O) groups is 1. The summed E-state index contributed by atoms with van der Waals surface area (Å²) in [5.74, 6) is 3.18. The molecule has 2 atom stereocenters. The van der Waals surface area contributed by atoms with Gasteiger partial charge < -0.3 is 15.0 Å². The number of terminal acetylenes is 1. The maximum atomic E-state index is 12.3. The van der Waals surface area contributed by atoms with E-state index in [1.165, 1.54) is 5.56 Å². The summed E-state index contributed by atoms with van der Waals surface area (Å²) in [5, 5.41) is 3.59. The number of ether oxygens (including phenoxy) is 1. The first-order chi connectivity index (χ1) is 11.9. The maximum Gasteiger partial charge on any atom is 0.410 e. The van der Waals surface area contributed by atoms with Crippen molar-refractivity contribution in [1.82, 2.24) is 10.2 Å². The average molecular weight is 342 g/mol. The van der Waals surface area contributed by atoms with Gasteiger partial charge in [0.05, 0.1) is 0 Å². The lowest BCUT2D eigenvalue weighted by atomic mass is 9.96. The van der Waals surface area contributed by atoms with Crippen molar-refractivity contribution in [3.05, 3.63) is 35.9 Å². The van der Waals surface area contributed by atoms with Gasteiger partial charge in [-0.25, -0.2) is 4.79 Å². The van der Waals surface area contributed by atoms with Crippen molar-refractivity contribution in [1.29, 1.82) is 0 Å². The Balaban J connectivity index is 1.89. The van der Waals surface area contributed by atoms with Crippen LogP contribution in [-0.4, -0.2) is 36.2 Å². The molecule has 0 aliphatic carbocycles. The van der Waals surface area contributed by atoms with Crippen LogP contribution in [0.5, 0.6) is 0 Å². The van der Waals surface area contributed by atoms with Crippen LogP contribution in [0.25, 0.3) is 0 Å². The third kappa shape index (κ3) is 6.43. The predicted molar refractivity (Wildman–Crippen MR) is 101 cm³/mol. The molecule has 0 saturated carbocycles. The Labute approximate surface area is 151 Å². The van der Waals surface area contributed by atoms with E-state index in [1.807, 2.05) is 43.9 Å². The van der Waals surface area contributed by atoms with Crippen molar-refractivity contribution >= 4 is 6.09 Å². The molecule has 4 nitrogen and oxygen atoms in total. The summed E-state index contributed by atoms with van der Waals surface area (Å²) in [6.07, 6.45) is 8.11. The second-order valence-corrected chi connectivity index (χ2v) is 7.71. The van der Waals surface area contributed by atoms with Crippen LogP contribution < -0.4 is 5.32 Å². The molecule has 0 radical (unpaired) electrons. The van der Waals surface area contributed by atoms with E-state index in [9.17, 15) is 4.79 Å². The topological polar surface area (TPSA) is 41.6 Å². The Hall–Kier alpha value is -1.99. The predicted octanol–water partition coefficient (Wildman–Crippen LogP) is 3.99. The van der Waals surface area contributed by atoms with Crippen LogP contribution in [0.4, 0.5) is 4.79 Å². The molecule has 1 amide bonds. The summed E-state index contributed by atoms with van der Waals surface area (Å²) in [5.41, 5.74) is 0.758.